The van der Waals surface area contributed by atoms with Crippen LogP contribution in [0.15, 0.2) is 30.3 Å². The van der Waals surface area contributed by atoms with Gasteiger partial charge in [-0.1, -0.05) is 12.1 Å². The number of non-ortho nitro benzene ring substituents is 1. The van der Waals surface area contributed by atoms with Gasteiger partial charge in [0.1, 0.15) is 11.6 Å². The first-order valence-corrected chi connectivity index (χ1v) is 5.92. The van der Waals surface area contributed by atoms with Crippen molar-refractivity contribution in [3.63, 3.8) is 0 Å². The summed E-state index contributed by atoms with van der Waals surface area (Å²) in [5, 5.41) is 13.6. The minimum Gasteiger partial charge on any atom is -0.383 e. The molecule has 0 unspecified atom stereocenters. The number of benzene rings is 1. The van der Waals surface area contributed by atoms with Crippen molar-refractivity contribution in [1.82, 2.24) is 9.97 Å². The van der Waals surface area contributed by atoms with Crippen LogP contribution in [-0.4, -0.2) is 21.4 Å². The molecule has 0 saturated heterocycles. The topological polar surface area (TPSA) is 133 Å². The molecule has 1 heterocycles. The fourth-order valence-electron chi connectivity index (χ4n) is 1.70. The molecule has 8 nitrogen and oxygen atoms in total. The van der Waals surface area contributed by atoms with E-state index in [1.54, 1.807) is 18.2 Å². The van der Waals surface area contributed by atoms with Gasteiger partial charge in [-0.3, -0.25) is 10.1 Å². The summed E-state index contributed by atoms with van der Waals surface area (Å²) < 4.78 is 0. The highest BCUT2D eigenvalue weighted by atomic mass is 16.6. The fourth-order valence-corrected chi connectivity index (χ4v) is 1.70. The van der Waals surface area contributed by atoms with E-state index in [1.807, 2.05) is 0 Å². The van der Waals surface area contributed by atoms with Crippen LogP contribution in [0.3, 0.4) is 0 Å². The van der Waals surface area contributed by atoms with Gasteiger partial charge >= 0.3 is 0 Å². The van der Waals surface area contributed by atoms with Crippen molar-refractivity contribution in [2.45, 2.75) is 6.42 Å². The molecule has 2 rings (SSSR count). The second-order valence-corrected chi connectivity index (χ2v) is 4.14. The lowest BCUT2D eigenvalue weighted by molar-refractivity contribution is -0.384. The Kier molecular flexibility index (Phi) is 3.94. The van der Waals surface area contributed by atoms with Crippen LogP contribution >= 0.6 is 0 Å². The SMILES string of the molecule is Nc1cc(NCCc2ccc([N+](=O)[O-])cc2)nc(N)n1. The first-order chi connectivity index (χ1) is 9.54. The predicted molar refractivity (Wildman–Crippen MR) is 76.1 cm³/mol. The number of anilines is 3. The lowest BCUT2D eigenvalue weighted by atomic mass is 10.1. The molecule has 104 valence electrons. The highest BCUT2D eigenvalue weighted by Crippen LogP contribution is 2.13. The lowest BCUT2D eigenvalue weighted by Crippen LogP contribution is -2.09. The van der Waals surface area contributed by atoms with Crippen molar-refractivity contribution in [1.29, 1.82) is 0 Å². The average Bonchev–Trinajstić information content (AvgIpc) is 2.38. The van der Waals surface area contributed by atoms with Crippen LogP contribution in [-0.2, 0) is 6.42 Å². The lowest BCUT2D eigenvalue weighted by Gasteiger charge is -2.06. The van der Waals surface area contributed by atoms with Gasteiger partial charge in [-0.2, -0.15) is 9.97 Å². The van der Waals surface area contributed by atoms with Crippen LogP contribution in [0.5, 0.6) is 0 Å². The van der Waals surface area contributed by atoms with E-state index in [9.17, 15) is 10.1 Å². The molecule has 0 amide bonds. The van der Waals surface area contributed by atoms with Gasteiger partial charge in [-0.05, 0) is 12.0 Å². The van der Waals surface area contributed by atoms with Crippen molar-refractivity contribution in [3.8, 4) is 0 Å². The first kappa shape index (κ1) is 13.5. The Bertz CT molecular complexity index is 594. The number of nitro groups is 1. The maximum absolute atomic E-state index is 10.5. The van der Waals surface area contributed by atoms with Crippen molar-refractivity contribution in [2.24, 2.45) is 0 Å². The number of nitrogens with zero attached hydrogens (tertiary/aromatic N) is 3. The number of hydrogen-bond donors (Lipinski definition) is 3. The van der Waals surface area contributed by atoms with Crippen LogP contribution < -0.4 is 16.8 Å². The minimum absolute atomic E-state index is 0.0815. The van der Waals surface area contributed by atoms with E-state index in [2.05, 4.69) is 15.3 Å². The van der Waals surface area contributed by atoms with E-state index in [1.165, 1.54) is 12.1 Å². The highest BCUT2D eigenvalue weighted by Gasteiger charge is 2.04. The molecule has 0 saturated carbocycles. The Morgan fingerprint density at radius 2 is 1.90 bits per heavy atom. The van der Waals surface area contributed by atoms with Gasteiger partial charge in [-0.25, -0.2) is 0 Å². The molecule has 0 aliphatic rings. The molecule has 0 fully saturated rings. The molecule has 0 radical (unpaired) electrons. The summed E-state index contributed by atoms with van der Waals surface area (Å²) in [6.45, 7) is 0.605. The predicted octanol–water partition coefficient (Wildman–Crippen LogP) is 1.20. The smallest absolute Gasteiger partial charge is 0.269 e. The molecule has 5 N–H and O–H groups in total. The monoisotopic (exact) mass is 274 g/mol. The summed E-state index contributed by atoms with van der Waals surface area (Å²) >= 11 is 0. The first-order valence-electron chi connectivity index (χ1n) is 5.92. The molecule has 0 aliphatic carbocycles. The number of aromatic nitrogens is 2. The van der Waals surface area contributed by atoms with Crippen molar-refractivity contribution in [2.75, 3.05) is 23.3 Å². The molecule has 2 aromatic rings. The van der Waals surface area contributed by atoms with Gasteiger partial charge < -0.3 is 16.8 Å². The van der Waals surface area contributed by atoms with E-state index >= 15 is 0 Å². The zero-order valence-corrected chi connectivity index (χ0v) is 10.6. The van der Waals surface area contributed by atoms with Gasteiger partial charge in [0.2, 0.25) is 5.95 Å². The van der Waals surface area contributed by atoms with Gasteiger partial charge in [0.25, 0.3) is 5.69 Å². The normalized spacial score (nSPS) is 10.2. The third-order valence-corrected chi connectivity index (χ3v) is 2.63. The zero-order valence-electron chi connectivity index (χ0n) is 10.6. The number of nitro benzene ring substituents is 1. The third kappa shape index (κ3) is 3.55. The Labute approximate surface area is 115 Å². The van der Waals surface area contributed by atoms with Crippen LogP contribution in [0.25, 0.3) is 0 Å². The Hall–Kier alpha value is -2.90. The molecule has 0 atom stereocenters. The fraction of sp³-hybridized carbons (Fsp3) is 0.167. The van der Waals surface area contributed by atoms with E-state index in [0.717, 1.165) is 5.56 Å². The summed E-state index contributed by atoms with van der Waals surface area (Å²) in [4.78, 5) is 17.9. The average molecular weight is 274 g/mol. The van der Waals surface area contributed by atoms with Crippen LogP contribution in [0, 0.1) is 10.1 Å². The van der Waals surface area contributed by atoms with E-state index in [0.29, 0.717) is 24.6 Å². The molecule has 1 aromatic carbocycles. The quantitative estimate of drug-likeness (QED) is 0.551. The van der Waals surface area contributed by atoms with Gasteiger partial charge in [-0.15, -0.1) is 0 Å². The molecule has 0 aliphatic heterocycles. The molecule has 20 heavy (non-hydrogen) atoms. The number of nitrogens with two attached hydrogens (primary N) is 2. The molecule has 0 spiro atoms. The van der Waals surface area contributed by atoms with Crippen molar-refractivity contribution < 1.29 is 4.92 Å². The summed E-state index contributed by atoms with van der Waals surface area (Å²) in [5.74, 6) is 0.968. The zero-order chi connectivity index (χ0) is 14.5. The number of nitrogen functional groups attached to an aromatic ring is 2. The minimum atomic E-state index is -0.422. The molecular weight excluding hydrogens is 260 g/mol. The van der Waals surface area contributed by atoms with Gasteiger partial charge in [0.05, 0.1) is 4.92 Å². The van der Waals surface area contributed by atoms with E-state index < -0.39 is 4.92 Å². The maximum atomic E-state index is 10.5. The standard InChI is InChI=1S/C12H14N6O2/c13-10-7-11(17-12(14)16-10)15-6-5-8-1-3-9(4-2-8)18(19)20/h1-4,7H,5-6H2,(H5,13,14,15,16,17). The van der Waals surface area contributed by atoms with Crippen molar-refractivity contribution >= 4 is 23.3 Å². The molecule has 0 bridgehead atoms. The van der Waals surface area contributed by atoms with Crippen LogP contribution in [0.4, 0.5) is 23.3 Å². The van der Waals surface area contributed by atoms with Gasteiger partial charge in [0, 0.05) is 24.7 Å². The summed E-state index contributed by atoms with van der Waals surface area (Å²) in [7, 11) is 0. The van der Waals surface area contributed by atoms with Crippen molar-refractivity contribution in [3.05, 3.63) is 46.0 Å². The molecule has 1 aromatic heterocycles. The Balaban J connectivity index is 1.90. The van der Waals surface area contributed by atoms with Gasteiger partial charge in [0.15, 0.2) is 0 Å². The molecular formula is C12H14N6O2. The van der Waals surface area contributed by atoms with E-state index in [4.69, 9.17) is 11.5 Å². The summed E-state index contributed by atoms with van der Waals surface area (Å²) in [5.41, 5.74) is 12.1. The second kappa shape index (κ2) is 5.83. The van der Waals surface area contributed by atoms with Crippen LogP contribution in [0.1, 0.15) is 5.56 Å². The number of rotatable bonds is 5. The summed E-state index contributed by atoms with van der Waals surface area (Å²) in [6.07, 6.45) is 0.696. The molecule has 8 heteroatoms. The van der Waals surface area contributed by atoms with Crippen LogP contribution in [0.2, 0.25) is 0 Å². The Morgan fingerprint density at radius 3 is 2.50 bits per heavy atom. The van der Waals surface area contributed by atoms with E-state index in [-0.39, 0.29) is 11.6 Å². The Morgan fingerprint density at radius 1 is 1.20 bits per heavy atom. The largest absolute Gasteiger partial charge is 0.383 e. The second-order valence-electron chi connectivity index (χ2n) is 4.14. The third-order valence-electron chi connectivity index (χ3n) is 2.63. The number of nitrogens with one attached hydrogen (secondary N) is 1. The highest BCUT2D eigenvalue weighted by molar-refractivity contribution is 5.48. The number of hydrogen-bond acceptors (Lipinski definition) is 7. The summed E-state index contributed by atoms with van der Waals surface area (Å²) in [6, 6.07) is 8.00. The maximum Gasteiger partial charge on any atom is 0.269 e.